The van der Waals surface area contributed by atoms with Crippen LogP contribution in [0.1, 0.15) is 19.4 Å². The summed E-state index contributed by atoms with van der Waals surface area (Å²) in [7, 11) is -6.00. The smallest absolute Gasteiger partial charge is 0.418 e. The number of nitriles is 1. The van der Waals surface area contributed by atoms with Gasteiger partial charge in [0.15, 0.2) is 12.4 Å². The predicted octanol–water partition coefficient (Wildman–Crippen LogP) is 3.89. The SMILES string of the molecule is CC(C)N1C[NH+](c2ccc(C#N)cc2)c2ccccc21.F[B-](F)(F)F. The van der Waals surface area contributed by atoms with E-state index in [1.807, 2.05) is 12.1 Å². The molecule has 0 saturated heterocycles. The molecule has 0 spiro atoms. The van der Waals surface area contributed by atoms with Gasteiger partial charge in [-0.3, -0.25) is 4.90 Å². The molecule has 2 aromatic carbocycles. The molecule has 1 atom stereocenters. The first-order chi connectivity index (χ1) is 11.7. The number of benzene rings is 2. The van der Waals surface area contributed by atoms with E-state index in [0.717, 1.165) is 6.67 Å². The van der Waals surface area contributed by atoms with Crippen molar-refractivity contribution in [2.45, 2.75) is 19.9 Å². The van der Waals surface area contributed by atoms with Gasteiger partial charge in [0.25, 0.3) is 0 Å². The van der Waals surface area contributed by atoms with Crippen LogP contribution in [0.3, 0.4) is 0 Å². The molecule has 3 nitrogen and oxygen atoms in total. The molecule has 1 unspecified atom stereocenters. The molecule has 3 rings (SSSR count). The minimum atomic E-state index is -6.00. The van der Waals surface area contributed by atoms with Crippen molar-refractivity contribution in [1.29, 1.82) is 5.26 Å². The second kappa shape index (κ2) is 7.57. The summed E-state index contributed by atoms with van der Waals surface area (Å²) in [4.78, 5) is 3.77. The summed E-state index contributed by atoms with van der Waals surface area (Å²) in [5.74, 6) is 0. The van der Waals surface area contributed by atoms with E-state index in [4.69, 9.17) is 5.26 Å². The van der Waals surface area contributed by atoms with Gasteiger partial charge in [0.05, 0.1) is 11.6 Å². The van der Waals surface area contributed by atoms with Gasteiger partial charge in [-0.25, -0.2) is 0 Å². The first-order valence-corrected chi connectivity index (χ1v) is 7.80. The Balaban J connectivity index is 0.000000399. The van der Waals surface area contributed by atoms with E-state index in [1.54, 1.807) is 0 Å². The van der Waals surface area contributed by atoms with Crippen molar-refractivity contribution in [1.82, 2.24) is 0 Å². The summed E-state index contributed by atoms with van der Waals surface area (Å²) in [5, 5.41) is 8.90. The topological polar surface area (TPSA) is 31.5 Å². The van der Waals surface area contributed by atoms with E-state index < -0.39 is 7.25 Å². The fourth-order valence-electron chi connectivity index (χ4n) is 2.77. The molecule has 0 aliphatic carbocycles. The lowest BCUT2D eigenvalue weighted by atomic mass is 10.2. The molecule has 25 heavy (non-hydrogen) atoms. The molecule has 1 N–H and O–H groups in total. The van der Waals surface area contributed by atoms with Crippen LogP contribution in [-0.2, 0) is 0 Å². The van der Waals surface area contributed by atoms with Crippen molar-refractivity contribution in [3.8, 4) is 6.07 Å². The molecule has 0 saturated carbocycles. The number of hydrogen-bond acceptors (Lipinski definition) is 2. The third-order valence-corrected chi connectivity index (χ3v) is 3.85. The first kappa shape index (κ1) is 18.8. The predicted molar refractivity (Wildman–Crippen MR) is 90.5 cm³/mol. The maximum atomic E-state index is 9.75. The van der Waals surface area contributed by atoms with Gasteiger partial charge in [-0.05, 0) is 32.0 Å². The van der Waals surface area contributed by atoms with Crippen LogP contribution in [0.15, 0.2) is 48.5 Å². The normalized spacial score (nSPS) is 16.1. The second-order valence-electron chi connectivity index (χ2n) is 5.90. The van der Waals surface area contributed by atoms with Gasteiger partial charge >= 0.3 is 7.25 Å². The highest BCUT2D eigenvalue weighted by atomic mass is 19.5. The van der Waals surface area contributed by atoms with Crippen molar-refractivity contribution >= 4 is 24.3 Å². The highest BCUT2D eigenvalue weighted by Gasteiger charge is 2.33. The molecule has 0 amide bonds. The van der Waals surface area contributed by atoms with Gasteiger partial charge in [-0.15, -0.1) is 0 Å². The number of halogens is 4. The Morgan fingerprint density at radius 2 is 1.60 bits per heavy atom. The Hall–Kier alpha value is -2.53. The third-order valence-electron chi connectivity index (χ3n) is 3.85. The Labute approximate surface area is 144 Å². The number of para-hydroxylation sites is 2. The van der Waals surface area contributed by atoms with Gasteiger partial charge in [-0.1, -0.05) is 12.1 Å². The summed E-state index contributed by atoms with van der Waals surface area (Å²) < 4.78 is 39.0. The zero-order valence-electron chi connectivity index (χ0n) is 13.9. The van der Waals surface area contributed by atoms with Crippen molar-refractivity contribution < 1.29 is 22.2 Å². The summed E-state index contributed by atoms with van der Waals surface area (Å²) in [6.07, 6.45) is 0. The van der Waals surface area contributed by atoms with Crippen LogP contribution < -0.4 is 9.80 Å². The Bertz CT molecular complexity index is 748. The summed E-state index contributed by atoms with van der Waals surface area (Å²) in [6.45, 7) is 5.37. The van der Waals surface area contributed by atoms with E-state index in [9.17, 15) is 17.3 Å². The molecule has 2 aromatic rings. The van der Waals surface area contributed by atoms with E-state index in [-0.39, 0.29) is 0 Å². The molecule has 0 aromatic heterocycles. The maximum absolute atomic E-state index is 9.75. The summed E-state index contributed by atoms with van der Waals surface area (Å²) in [6, 6.07) is 19.1. The quantitative estimate of drug-likeness (QED) is 0.658. The van der Waals surface area contributed by atoms with Crippen LogP contribution in [0.5, 0.6) is 0 Å². The third kappa shape index (κ3) is 4.97. The van der Waals surface area contributed by atoms with Crippen molar-refractivity contribution in [2.24, 2.45) is 0 Å². The number of nitrogens with zero attached hydrogens (tertiary/aromatic N) is 2. The molecule has 1 heterocycles. The standard InChI is InChI=1S/C17H17N3.BF4/c1-13(2)19-12-20(17-6-4-3-5-16(17)19)15-9-7-14(11-18)8-10-15;2-1(3,4)5/h3-10,13H,12H2,1-2H3;/q;-1/p+1. The molecular formula is C17H18BF4N3. The maximum Gasteiger partial charge on any atom is 0.673 e. The minimum Gasteiger partial charge on any atom is -0.418 e. The molecule has 0 radical (unpaired) electrons. The second-order valence-corrected chi connectivity index (χ2v) is 5.90. The van der Waals surface area contributed by atoms with Crippen LogP contribution in [0.2, 0.25) is 0 Å². The molecule has 0 bridgehead atoms. The van der Waals surface area contributed by atoms with Gasteiger partial charge in [0.1, 0.15) is 11.4 Å². The van der Waals surface area contributed by atoms with Crippen molar-refractivity contribution in [3.05, 3.63) is 54.1 Å². The van der Waals surface area contributed by atoms with Gasteiger partial charge in [-0.2, -0.15) is 5.26 Å². The fourth-order valence-corrected chi connectivity index (χ4v) is 2.77. The van der Waals surface area contributed by atoms with Crippen LogP contribution in [0.4, 0.5) is 34.3 Å². The number of anilines is 1. The Morgan fingerprint density at radius 1 is 1.04 bits per heavy atom. The number of hydrogen-bond donors (Lipinski definition) is 1. The van der Waals surface area contributed by atoms with Crippen LogP contribution in [0, 0.1) is 11.3 Å². The van der Waals surface area contributed by atoms with Crippen LogP contribution in [-0.4, -0.2) is 20.0 Å². The molecule has 1 aliphatic heterocycles. The molecular weight excluding hydrogens is 333 g/mol. The van der Waals surface area contributed by atoms with E-state index in [0.29, 0.717) is 11.6 Å². The lowest BCUT2D eigenvalue weighted by molar-refractivity contribution is -0.752. The van der Waals surface area contributed by atoms with Gasteiger partial charge in [0.2, 0.25) is 0 Å². The average molecular weight is 351 g/mol. The summed E-state index contributed by atoms with van der Waals surface area (Å²) in [5.41, 5.74) is 4.54. The number of quaternary nitrogens is 1. The first-order valence-electron chi connectivity index (χ1n) is 7.80. The van der Waals surface area contributed by atoms with Crippen LogP contribution >= 0.6 is 0 Å². The number of rotatable bonds is 2. The fraction of sp³-hybridized carbons (Fsp3) is 0.235. The summed E-state index contributed by atoms with van der Waals surface area (Å²) >= 11 is 0. The highest BCUT2D eigenvalue weighted by Crippen LogP contribution is 2.29. The zero-order valence-corrected chi connectivity index (χ0v) is 13.9. The van der Waals surface area contributed by atoms with Crippen molar-refractivity contribution in [3.63, 3.8) is 0 Å². The Kier molecular flexibility index (Phi) is 5.70. The lowest BCUT2D eigenvalue weighted by Crippen LogP contribution is -3.02. The monoisotopic (exact) mass is 351 g/mol. The number of fused-ring (bicyclic) bond motifs is 1. The largest absolute Gasteiger partial charge is 0.673 e. The van der Waals surface area contributed by atoms with Crippen LogP contribution in [0.25, 0.3) is 0 Å². The molecule has 132 valence electrons. The zero-order chi connectivity index (χ0) is 18.6. The van der Waals surface area contributed by atoms with E-state index in [2.05, 4.69) is 61.2 Å². The van der Waals surface area contributed by atoms with Crippen molar-refractivity contribution in [2.75, 3.05) is 11.6 Å². The average Bonchev–Trinajstić information content (AvgIpc) is 2.93. The highest BCUT2D eigenvalue weighted by molar-refractivity contribution is 6.50. The molecule has 8 heteroatoms. The van der Waals surface area contributed by atoms with Gasteiger partial charge in [0, 0.05) is 24.2 Å². The minimum absolute atomic E-state index is 0.479. The lowest BCUT2D eigenvalue weighted by Gasteiger charge is -2.21. The molecule has 1 aliphatic rings. The molecule has 0 fully saturated rings. The van der Waals surface area contributed by atoms with E-state index in [1.165, 1.54) is 22.0 Å². The number of nitrogens with one attached hydrogen (secondary N) is 1. The van der Waals surface area contributed by atoms with Gasteiger partial charge < -0.3 is 22.2 Å². The Morgan fingerprint density at radius 3 is 2.12 bits per heavy atom. The van der Waals surface area contributed by atoms with E-state index >= 15 is 0 Å².